The summed E-state index contributed by atoms with van der Waals surface area (Å²) in [5.41, 5.74) is 17.2. The molecule has 9 rings (SSSR count). The molecule has 2 aliphatic carbocycles. The van der Waals surface area contributed by atoms with Gasteiger partial charge in [-0.1, -0.05) is 132 Å². The maximum Gasteiger partial charge on any atom is 0.0542 e. The lowest BCUT2D eigenvalue weighted by Gasteiger charge is -2.30. The molecule has 0 atom stereocenters. The zero-order valence-corrected chi connectivity index (χ0v) is 29.2. The molecule has 0 radical (unpaired) electrons. The van der Waals surface area contributed by atoms with Gasteiger partial charge in [-0.3, -0.25) is 0 Å². The Morgan fingerprint density at radius 1 is 0.540 bits per heavy atom. The van der Waals surface area contributed by atoms with Crippen LogP contribution in [0.3, 0.4) is 0 Å². The fourth-order valence-corrected chi connectivity index (χ4v) is 8.77. The minimum absolute atomic E-state index is 0.105. The molecule has 50 heavy (non-hydrogen) atoms. The normalized spacial score (nSPS) is 14.8. The summed E-state index contributed by atoms with van der Waals surface area (Å²) < 4.78 is 2.25. The average Bonchev–Trinajstić information content (AvgIpc) is 3.67. The van der Waals surface area contributed by atoms with E-state index in [9.17, 15) is 0 Å². The third kappa shape index (κ3) is 4.21. The van der Waals surface area contributed by atoms with Gasteiger partial charge in [0.15, 0.2) is 0 Å². The van der Waals surface area contributed by atoms with Crippen molar-refractivity contribution >= 4 is 44.6 Å². The molecule has 0 saturated heterocycles. The van der Waals surface area contributed by atoms with Crippen LogP contribution in [0.4, 0.5) is 17.1 Å². The molecule has 1 heterocycles. The topological polar surface area (TPSA) is 8.17 Å². The quantitative estimate of drug-likeness (QED) is 0.164. The number of para-hydroxylation sites is 1. The van der Waals surface area contributed by atoms with Crippen molar-refractivity contribution in [3.05, 3.63) is 181 Å². The van der Waals surface area contributed by atoms with Crippen LogP contribution in [-0.2, 0) is 10.8 Å². The van der Waals surface area contributed by atoms with Crippen molar-refractivity contribution in [1.29, 1.82) is 0 Å². The smallest absolute Gasteiger partial charge is 0.0542 e. The highest BCUT2D eigenvalue weighted by Gasteiger charge is 2.37. The third-order valence-electron chi connectivity index (χ3n) is 11.3. The molecule has 2 nitrogen and oxygen atoms in total. The van der Waals surface area contributed by atoms with Gasteiger partial charge in [0.1, 0.15) is 0 Å². The summed E-state index contributed by atoms with van der Waals surface area (Å²) in [7, 11) is 0. The highest BCUT2D eigenvalue weighted by Crippen LogP contribution is 2.53. The lowest BCUT2D eigenvalue weighted by Crippen LogP contribution is -2.18. The van der Waals surface area contributed by atoms with Gasteiger partial charge in [-0.15, -0.1) is 0 Å². The third-order valence-corrected chi connectivity index (χ3v) is 11.3. The number of rotatable bonds is 6. The number of hydrogen-bond donors (Lipinski definition) is 0. The Hall–Kier alpha value is -5.86. The highest BCUT2D eigenvalue weighted by atomic mass is 15.1. The Kier molecular flexibility index (Phi) is 6.54. The van der Waals surface area contributed by atoms with E-state index in [1.807, 2.05) is 12.2 Å². The predicted octanol–water partition coefficient (Wildman–Crippen LogP) is 13.1. The number of hydrogen-bond acceptors (Lipinski definition) is 1. The molecule has 0 saturated carbocycles. The monoisotopic (exact) mass is 644 g/mol. The van der Waals surface area contributed by atoms with Gasteiger partial charge >= 0.3 is 0 Å². The number of aromatic nitrogens is 1. The standard InChI is InChI=1S/C48H40N2/c1-7-8-15-31(2)49-45-21-14-11-18-39(45)40-28-32(24-27-46(40)49)50(33-22-25-37-35-16-9-12-19-41(35)47(3,4)43(37)29-33)34-23-26-38-36-17-10-13-20-42(36)48(5,6)44(38)30-34/h7-30H,1-2H2,3-6H3/b15-8-. The van der Waals surface area contributed by atoms with E-state index in [1.165, 1.54) is 55.3 Å². The molecule has 7 aromatic rings. The van der Waals surface area contributed by atoms with Crippen LogP contribution in [0.15, 0.2) is 159 Å². The summed E-state index contributed by atoms with van der Waals surface area (Å²) in [4.78, 5) is 2.46. The second kappa shape index (κ2) is 10.8. The second-order valence-corrected chi connectivity index (χ2v) is 14.8. The van der Waals surface area contributed by atoms with E-state index in [1.54, 1.807) is 6.08 Å². The minimum Gasteiger partial charge on any atom is -0.310 e. The molecular formula is C48H40N2. The zero-order chi connectivity index (χ0) is 34.4. The Bertz CT molecular complexity index is 2480. The van der Waals surface area contributed by atoms with Crippen molar-refractivity contribution in [2.24, 2.45) is 0 Å². The minimum atomic E-state index is -0.105. The first-order valence-corrected chi connectivity index (χ1v) is 17.5. The van der Waals surface area contributed by atoms with Crippen LogP contribution >= 0.6 is 0 Å². The lowest BCUT2D eigenvalue weighted by atomic mass is 9.82. The fourth-order valence-electron chi connectivity index (χ4n) is 8.77. The molecule has 2 aliphatic rings. The summed E-state index contributed by atoms with van der Waals surface area (Å²) in [6, 6.07) is 47.4. The van der Waals surface area contributed by atoms with E-state index in [4.69, 9.17) is 0 Å². The maximum atomic E-state index is 4.43. The van der Waals surface area contributed by atoms with Crippen LogP contribution in [0.5, 0.6) is 0 Å². The van der Waals surface area contributed by atoms with E-state index in [-0.39, 0.29) is 10.8 Å². The molecule has 0 bridgehead atoms. The first-order valence-electron chi connectivity index (χ1n) is 17.5. The molecule has 2 heteroatoms. The van der Waals surface area contributed by atoms with Gasteiger partial charge in [0.2, 0.25) is 0 Å². The summed E-state index contributed by atoms with van der Waals surface area (Å²) in [5, 5.41) is 2.40. The predicted molar refractivity (Wildman–Crippen MR) is 214 cm³/mol. The first-order chi connectivity index (χ1) is 24.2. The first kappa shape index (κ1) is 30.2. The average molecular weight is 645 g/mol. The van der Waals surface area contributed by atoms with Gasteiger partial charge in [-0.05, 0) is 99.1 Å². The molecular weight excluding hydrogens is 605 g/mol. The van der Waals surface area contributed by atoms with Gasteiger partial charge in [0, 0.05) is 44.4 Å². The van der Waals surface area contributed by atoms with Crippen molar-refractivity contribution in [1.82, 2.24) is 4.57 Å². The molecule has 1 aromatic heterocycles. The van der Waals surface area contributed by atoms with Gasteiger partial charge in [0.05, 0.1) is 11.0 Å². The molecule has 0 aliphatic heterocycles. The number of fused-ring (bicyclic) bond motifs is 9. The maximum absolute atomic E-state index is 4.43. The zero-order valence-electron chi connectivity index (χ0n) is 29.2. The van der Waals surface area contributed by atoms with Crippen molar-refractivity contribution in [2.75, 3.05) is 4.90 Å². The van der Waals surface area contributed by atoms with E-state index in [0.29, 0.717) is 0 Å². The molecule has 0 amide bonds. The molecule has 0 spiro atoms. The SMILES string of the molecule is C=C/C=C\C(=C)n1c2ccccc2c2cc(N(c3ccc4c(c3)C(C)(C)c3ccccc3-4)c3ccc4c(c3)C(C)(C)c3ccccc3-4)ccc21. The van der Waals surface area contributed by atoms with Crippen molar-refractivity contribution in [3.8, 4) is 22.3 Å². The molecule has 242 valence electrons. The fraction of sp³-hybridized carbons (Fsp3) is 0.125. The van der Waals surface area contributed by atoms with E-state index in [0.717, 1.165) is 33.8 Å². The van der Waals surface area contributed by atoms with Gasteiger partial charge in [-0.25, -0.2) is 0 Å². The van der Waals surface area contributed by atoms with Gasteiger partial charge < -0.3 is 9.47 Å². The van der Waals surface area contributed by atoms with Crippen molar-refractivity contribution in [2.45, 2.75) is 38.5 Å². The second-order valence-electron chi connectivity index (χ2n) is 14.8. The van der Waals surface area contributed by atoms with Crippen molar-refractivity contribution in [3.63, 3.8) is 0 Å². The van der Waals surface area contributed by atoms with E-state index >= 15 is 0 Å². The lowest BCUT2D eigenvalue weighted by molar-refractivity contribution is 0.660. The highest BCUT2D eigenvalue weighted by molar-refractivity contribution is 6.11. The summed E-state index contributed by atoms with van der Waals surface area (Å²) in [6.45, 7) is 17.7. The largest absolute Gasteiger partial charge is 0.310 e. The summed E-state index contributed by atoms with van der Waals surface area (Å²) in [5.74, 6) is 0. The van der Waals surface area contributed by atoms with Crippen molar-refractivity contribution < 1.29 is 0 Å². The molecule has 0 N–H and O–H groups in total. The Morgan fingerprint density at radius 3 is 1.62 bits per heavy atom. The number of anilines is 3. The van der Waals surface area contributed by atoms with Crippen LogP contribution < -0.4 is 4.90 Å². The Labute approximate surface area is 295 Å². The Balaban J connectivity index is 1.28. The number of nitrogens with zero attached hydrogens (tertiary/aromatic N) is 2. The summed E-state index contributed by atoms with van der Waals surface area (Å²) >= 11 is 0. The van der Waals surface area contributed by atoms with Crippen LogP contribution in [-0.4, -0.2) is 4.57 Å². The van der Waals surface area contributed by atoms with Gasteiger partial charge in [0.25, 0.3) is 0 Å². The van der Waals surface area contributed by atoms with Gasteiger partial charge in [-0.2, -0.15) is 0 Å². The van der Waals surface area contributed by atoms with Crippen LogP contribution in [0.1, 0.15) is 49.9 Å². The van der Waals surface area contributed by atoms with Crippen LogP contribution in [0, 0.1) is 0 Å². The molecule has 0 fully saturated rings. The van der Waals surface area contributed by atoms with E-state index < -0.39 is 0 Å². The van der Waals surface area contributed by atoms with Crippen LogP contribution in [0.2, 0.25) is 0 Å². The molecule has 0 unspecified atom stereocenters. The molecule has 6 aromatic carbocycles. The Morgan fingerprint density at radius 2 is 1.02 bits per heavy atom. The van der Waals surface area contributed by atoms with E-state index in [2.05, 4.69) is 178 Å². The number of allylic oxidation sites excluding steroid dienone is 4. The summed E-state index contributed by atoms with van der Waals surface area (Å²) in [6.07, 6.45) is 5.76. The van der Waals surface area contributed by atoms with Crippen LogP contribution in [0.25, 0.3) is 49.8 Å². The number of benzene rings is 6.